The van der Waals surface area contributed by atoms with Gasteiger partial charge in [0.2, 0.25) is 0 Å². The van der Waals surface area contributed by atoms with E-state index in [4.69, 9.17) is 0 Å². The Bertz CT molecular complexity index is 432. The van der Waals surface area contributed by atoms with Crippen LogP contribution in [-0.2, 0) is 6.42 Å². The molecule has 0 saturated carbocycles. The third kappa shape index (κ3) is 0.681. The van der Waals surface area contributed by atoms with Gasteiger partial charge in [-0.2, -0.15) is 0 Å². The fourth-order valence-corrected chi connectivity index (χ4v) is 1.73. The Morgan fingerprint density at radius 1 is 1.08 bits per heavy atom. The first-order valence-corrected chi connectivity index (χ1v) is 4.08. The summed E-state index contributed by atoms with van der Waals surface area (Å²) in [6.07, 6.45) is 1.15. The molecule has 3 rings (SSSR count). The van der Waals surface area contributed by atoms with E-state index >= 15 is 0 Å². The summed E-state index contributed by atoms with van der Waals surface area (Å²) in [7, 11) is 0. The average Bonchev–Trinajstić information content (AvgIpc) is 2.77. The molecule has 0 aliphatic heterocycles. The lowest BCUT2D eigenvalue weighted by Gasteiger charge is -1.90. The van der Waals surface area contributed by atoms with Crippen LogP contribution in [0.25, 0.3) is 11.1 Å². The largest absolute Gasteiger partial charge is 0.508 e. The Hall–Kier alpha value is -1.50. The fraction of sp³-hybridized carbons (Fsp3) is 0.0909. The van der Waals surface area contributed by atoms with Crippen molar-refractivity contribution in [2.24, 2.45) is 0 Å². The van der Waals surface area contributed by atoms with Gasteiger partial charge in [0, 0.05) is 0 Å². The van der Waals surface area contributed by atoms with Gasteiger partial charge in [-0.05, 0) is 40.8 Å². The second kappa shape index (κ2) is 1.81. The number of hydrogen-bond acceptors (Lipinski definition) is 1. The molecule has 58 valence electrons. The molecule has 1 N–H and O–H groups in total. The van der Waals surface area contributed by atoms with Gasteiger partial charge < -0.3 is 5.11 Å². The van der Waals surface area contributed by atoms with E-state index in [-0.39, 0.29) is 0 Å². The van der Waals surface area contributed by atoms with E-state index in [2.05, 4.69) is 6.07 Å². The molecule has 0 bridgehead atoms. The van der Waals surface area contributed by atoms with E-state index in [1.807, 2.05) is 12.1 Å². The highest BCUT2D eigenvalue weighted by Gasteiger charge is 2.24. The van der Waals surface area contributed by atoms with E-state index in [1.165, 1.54) is 22.3 Å². The van der Waals surface area contributed by atoms with Crippen LogP contribution in [0.5, 0.6) is 5.75 Å². The summed E-state index contributed by atoms with van der Waals surface area (Å²) in [5, 5.41) is 9.23. The van der Waals surface area contributed by atoms with Crippen molar-refractivity contribution in [1.82, 2.24) is 0 Å². The van der Waals surface area contributed by atoms with Crippen molar-refractivity contribution in [3.05, 3.63) is 41.5 Å². The van der Waals surface area contributed by atoms with Crippen molar-refractivity contribution in [3.63, 3.8) is 0 Å². The zero-order valence-corrected chi connectivity index (χ0v) is 6.54. The Kier molecular flexibility index (Phi) is 0.912. The molecule has 0 fully saturated rings. The number of aromatic hydroxyl groups is 1. The quantitative estimate of drug-likeness (QED) is 0.530. The third-order valence-electron chi connectivity index (χ3n) is 2.45. The second-order valence-electron chi connectivity index (χ2n) is 3.29. The molecule has 0 heterocycles. The molecule has 1 nitrogen and oxygen atoms in total. The van der Waals surface area contributed by atoms with Crippen LogP contribution in [0.2, 0.25) is 0 Å². The van der Waals surface area contributed by atoms with Gasteiger partial charge in [0.25, 0.3) is 0 Å². The van der Waals surface area contributed by atoms with Gasteiger partial charge in [0.05, 0.1) is 0 Å². The molecular formula is C11H8O. The summed E-state index contributed by atoms with van der Waals surface area (Å²) in [6, 6.07) is 9.65. The van der Waals surface area contributed by atoms with E-state index in [9.17, 15) is 5.11 Å². The lowest BCUT2D eigenvalue weighted by molar-refractivity contribution is 0.476. The van der Waals surface area contributed by atoms with E-state index in [1.54, 1.807) is 12.1 Å². The van der Waals surface area contributed by atoms with Crippen molar-refractivity contribution in [2.45, 2.75) is 6.42 Å². The van der Waals surface area contributed by atoms with E-state index in [0.717, 1.165) is 6.42 Å². The monoisotopic (exact) mass is 156 g/mol. The molecule has 0 spiro atoms. The Labute approximate surface area is 70.6 Å². The standard InChI is InChI=1S/C11H8O/c12-9-2-1-7-5-8-6-11(8)10(7)4-3-9/h1-5,12H,6H2. The number of rotatable bonds is 0. The summed E-state index contributed by atoms with van der Waals surface area (Å²) in [5.41, 5.74) is 5.47. The predicted octanol–water partition coefficient (Wildman–Crippen LogP) is 2.40. The predicted molar refractivity (Wildman–Crippen MR) is 47.5 cm³/mol. The zero-order valence-electron chi connectivity index (χ0n) is 6.54. The van der Waals surface area contributed by atoms with Crippen LogP contribution in [0.3, 0.4) is 0 Å². The smallest absolute Gasteiger partial charge is 0.115 e. The summed E-state index contributed by atoms with van der Waals surface area (Å²) in [5.74, 6) is 0.334. The maximum Gasteiger partial charge on any atom is 0.115 e. The highest BCUT2D eigenvalue weighted by Crippen LogP contribution is 2.42. The highest BCUT2D eigenvalue weighted by atomic mass is 16.3. The second-order valence-corrected chi connectivity index (χ2v) is 3.29. The van der Waals surface area contributed by atoms with Crippen molar-refractivity contribution < 1.29 is 5.11 Å². The fourth-order valence-electron chi connectivity index (χ4n) is 1.73. The van der Waals surface area contributed by atoms with Crippen LogP contribution in [0.1, 0.15) is 11.1 Å². The zero-order chi connectivity index (χ0) is 8.13. The molecular weight excluding hydrogens is 148 g/mol. The van der Waals surface area contributed by atoms with Crippen LogP contribution in [0, 0.1) is 0 Å². The van der Waals surface area contributed by atoms with Gasteiger partial charge in [-0.1, -0.05) is 18.2 Å². The molecule has 0 saturated heterocycles. The maximum absolute atomic E-state index is 9.23. The summed E-state index contributed by atoms with van der Waals surface area (Å²) in [6.45, 7) is 0. The van der Waals surface area contributed by atoms with Crippen molar-refractivity contribution in [1.29, 1.82) is 0 Å². The van der Waals surface area contributed by atoms with Gasteiger partial charge >= 0.3 is 0 Å². The normalized spacial score (nSPS) is 13.0. The van der Waals surface area contributed by atoms with Crippen LogP contribution in [-0.4, -0.2) is 5.11 Å². The van der Waals surface area contributed by atoms with Gasteiger partial charge in [-0.3, -0.25) is 0 Å². The number of fused-ring (bicyclic) bond motifs is 3. The van der Waals surface area contributed by atoms with Gasteiger partial charge in [-0.15, -0.1) is 0 Å². The average molecular weight is 156 g/mol. The third-order valence-corrected chi connectivity index (χ3v) is 2.45. The van der Waals surface area contributed by atoms with Gasteiger partial charge in [0.15, 0.2) is 0 Å². The number of hydrogen-bond donors (Lipinski definition) is 1. The van der Waals surface area contributed by atoms with Crippen molar-refractivity contribution in [2.75, 3.05) is 0 Å². The van der Waals surface area contributed by atoms with Gasteiger partial charge in [0.1, 0.15) is 5.75 Å². The summed E-state index contributed by atoms with van der Waals surface area (Å²) in [4.78, 5) is 0. The van der Waals surface area contributed by atoms with Gasteiger partial charge in [-0.25, -0.2) is 0 Å². The van der Waals surface area contributed by atoms with Crippen molar-refractivity contribution >= 4 is 0 Å². The van der Waals surface area contributed by atoms with Crippen LogP contribution in [0.4, 0.5) is 0 Å². The van der Waals surface area contributed by atoms with Crippen molar-refractivity contribution in [3.8, 4) is 16.9 Å². The van der Waals surface area contributed by atoms with E-state index < -0.39 is 0 Å². The first kappa shape index (κ1) is 6.06. The molecule has 0 aromatic heterocycles. The molecule has 12 heavy (non-hydrogen) atoms. The molecule has 0 aromatic rings. The lowest BCUT2D eigenvalue weighted by Crippen LogP contribution is -1.67. The molecule has 0 unspecified atom stereocenters. The Morgan fingerprint density at radius 2 is 1.92 bits per heavy atom. The molecule has 0 radical (unpaired) electrons. The van der Waals surface area contributed by atoms with Crippen LogP contribution >= 0.6 is 0 Å². The minimum atomic E-state index is 0.334. The Balaban J connectivity index is 2.37. The molecule has 1 heteroatoms. The highest BCUT2D eigenvalue weighted by molar-refractivity contribution is 5.80. The summed E-state index contributed by atoms with van der Waals surface area (Å²) >= 11 is 0. The molecule has 3 aliphatic carbocycles. The topological polar surface area (TPSA) is 20.2 Å². The first-order valence-electron chi connectivity index (χ1n) is 4.08. The van der Waals surface area contributed by atoms with Crippen LogP contribution in [0.15, 0.2) is 30.3 Å². The van der Waals surface area contributed by atoms with E-state index in [0.29, 0.717) is 5.75 Å². The Morgan fingerprint density at radius 3 is 2.83 bits per heavy atom. The molecule has 0 amide bonds. The minimum absolute atomic E-state index is 0.334. The maximum atomic E-state index is 9.23. The SMILES string of the molecule is Oc1ccc2cc3c(c-2cc1)C3. The van der Waals surface area contributed by atoms with Crippen LogP contribution < -0.4 is 0 Å². The summed E-state index contributed by atoms with van der Waals surface area (Å²) < 4.78 is 0. The molecule has 3 aliphatic rings. The first-order chi connectivity index (χ1) is 5.84. The lowest BCUT2D eigenvalue weighted by atomic mass is 10.1. The molecule has 0 aromatic carbocycles. The minimum Gasteiger partial charge on any atom is -0.508 e. The molecule has 0 atom stereocenters.